The summed E-state index contributed by atoms with van der Waals surface area (Å²) in [6.45, 7) is 0. The van der Waals surface area contributed by atoms with E-state index in [2.05, 4.69) is 54.3 Å². The quantitative estimate of drug-likeness (QED) is 0.0200. The van der Waals surface area contributed by atoms with Crippen molar-refractivity contribution in [2.24, 2.45) is 10.2 Å². The second-order valence-corrected chi connectivity index (χ2v) is 13.3. The van der Waals surface area contributed by atoms with E-state index in [4.69, 9.17) is 21.4 Å². The van der Waals surface area contributed by atoms with E-state index >= 15 is 0 Å². The van der Waals surface area contributed by atoms with Crippen molar-refractivity contribution >= 4 is 101 Å². The summed E-state index contributed by atoms with van der Waals surface area (Å²) in [5, 5.41) is 47.1. The average molecular weight is 767 g/mol. The van der Waals surface area contributed by atoms with Crippen molar-refractivity contribution in [2.45, 2.75) is 19.8 Å². The fourth-order valence-corrected chi connectivity index (χ4v) is 5.65. The lowest BCUT2D eigenvalue weighted by Crippen LogP contribution is -2.04. The van der Waals surface area contributed by atoms with Gasteiger partial charge in [-0.3, -0.25) is 14.0 Å². The van der Waals surface area contributed by atoms with E-state index in [-0.39, 0.29) is 49.1 Å². The summed E-state index contributed by atoms with van der Waals surface area (Å²) in [6.07, 6.45) is 3.51. The summed E-state index contributed by atoms with van der Waals surface area (Å²) in [6, 6.07) is 7.20. The van der Waals surface area contributed by atoms with Crippen molar-refractivity contribution in [1.82, 2.24) is 15.0 Å². The molecule has 0 aliphatic rings. The maximum atomic E-state index is 12.1. The number of fused-ring (bicyclic) bond motifs is 1. The molecular formula is C22H15ClN6O13S5. The molecular weight excluding hydrogens is 752 g/mol. The van der Waals surface area contributed by atoms with Crippen LogP contribution < -0.4 is 5.32 Å². The highest BCUT2D eigenvalue weighted by atomic mass is 35.5. The van der Waals surface area contributed by atoms with Gasteiger partial charge >= 0.3 is 10.4 Å². The van der Waals surface area contributed by atoms with Crippen LogP contribution in [0.2, 0.25) is 5.28 Å². The maximum Gasteiger partial charge on any atom is 0.433 e. The van der Waals surface area contributed by atoms with Gasteiger partial charge in [-0.15, -0.1) is 14.6 Å². The third-order valence-corrected chi connectivity index (χ3v) is 8.25. The minimum Gasteiger partial charge on any atom is -0.506 e. The first-order valence-electron chi connectivity index (χ1n) is 11.6. The summed E-state index contributed by atoms with van der Waals surface area (Å²) in [5.74, 6) is -1.19. The zero-order chi connectivity index (χ0) is 34.4. The van der Waals surface area contributed by atoms with Gasteiger partial charge in [-0.1, -0.05) is 16.8 Å². The van der Waals surface area contributed by atoms with Gasteiger partial charge in [-0.25, -0.2) is 5.26 Å². The Bertz CT molecular complexity index is 2150. The van der Waals surface area contributed by atoms with Gasteiger partial charge in [-0.2, -0.15) is 31.8 Å². The predicted octanol–water partition coefficient (Wildman–Crippen LogP) is 5.41. The molecule has 0 saturated carbocycles. The fourth-order valence-electron chi connectivity index (χ4n) is 3.43. The summed E-state index contributed by atoms with van der Waals surface area (Å²) >= 11 is 8.21. The molecule has 47 heavy (non-hydrogen) atoms. The zero-order valence-corrected chi connectivity index (χ0v) is 27.5. The van der Waals surface area contributed by atoms with Gasteiger partial charge in [0.15, 0.2) is 17.0 Å². The lowest BCUT2D eigenvalue weighted by molar-refractivity contribution is -0.432. The van der Waals surface area contributed by atoms with Crippen LogP contribution in [-0.4, -0.2) is 62.6 Å². The number of thioether (sulfide) groups is 2. The van der Waals surface area contributed by atoms with Crippen molar-refractivity contribution in [3.63, 3.8) is 0 Å². The lowest BCUT2D eigenvalue weighted by atomic mass is 10.1. The molecule has 248 valence electrons. The van der Waals surface area contributed by atoms with E-state index in [1.54, 1.807) is 6.26 Å². The highest BCUT2D eigenvalue weighted by Crippen LogP contribution is 2.48. The number of anilines is 2. The van der Waals surface area contributed by atoms with Gasteiger partial charge in [0.25, 0.3) is 10.1 Å². The number of aromatic nitrogens is 3. The number of benzene rings is 3. The van der Waals surface area contributed by atoms with Crippen LogP contribution in [0.3, 0.4) is 0 Å². The number of aromatic hydroxyl groups is 2. The Hall–Kier alpha value is -3.71. The molecule has 4 aromatic rings. The minimum absolute atomic E-state index is 0.00431. The zero-order valence-electron chi connectivity index (χ0n) is 22.6. The number of phenolic OH excluding ortho intramolecular Hbond substituents is 2. The van der Waals surface area contributed by atoms with Crippen LogP contribution in [0.5, 0.6) is 11.5 Å². The standard InChI is InChI=1S/C22H15ClN6O13S5/c1-43-22-26-20(23)25-21(27-22)24-14-9-12(46(33,34)35)6-10-7-16(45-41-40-32)18(19(31)17(10)14)29-28-13-3-2-11(8-15(13)30)44-5-4-39-42-47(36,37)38/h2-3,6-9,30-32H,1H3,(H,33,34,35)(H,36,37,38)(H,24,25,26,27). The molecule has 1 heterocycles. The summed E-state index contributed by atoms with van der Waals surface area (Å²) in [5.41, 5.74) is -0.571. The smallest absolute Gasteiger partial charge is 0.433 e. The van der Waals surface area contributed by atoms with Crippen LogP contribution in [0.4, 0.5) is 23.0 Å². The number of hydrogen-bond acceptors (Lipinski definition) is 20. The molecule has 0 unspecified atom stereocenters. The van der Waals surface area contributed by atoms with Gasteiger partial charge in [0.05, 0.1) is 27.5 Å². The molecule has 3 aromatic carbocycles. The van der Waals surface area contributed by atoms with E-state index in [1.165, 1.54) is 24.3 Å². The van der Waals surface area contributed by atoms with Gasteiger partial charge < -0.3 is 15.5 Å². The van der Waals surface area contributed by atoms with Crippen LogP contribution >= 0.6 is 47.2 Å². The first kappa shape index (κ1) is 36.1. The van der Waals surface area contributed by atoms with E-state index in [0.717, 1.165) is 35.7 Å². The number of rotatable bonds is 12. The monoisotopic (exact) mass is 766 g/mol. The highest BCUT2D eigenvalue weighted by molar-refractivity contribution is 8.04. The van der Waals surface area contributed by atoms with Gasteiger partial charge in [-0.05, 0) is 75.7 Å². The van der Waals surface area contributed by atoms with Crippen LogP contribution in [0.1, 0.15) is 0 Å². The third-order valence-electron chi connectivity index (χ3n) is 5.17. The van der Waals surface area contributed by atoms with E-state index in [1.807, 2.05) is 6.11 Å². The van der Waals surface area contributed by atoms with Crippen LogP contribution in [0, 0.1) is 11.4 Å². The van der Waals surface area contributed by atoms with Crippen molar-refractivity contribution in [3.05, 3.63) is 41.7 Å². The van der Waals surface area contributed by atoms with Gasteiger partial charge in [0.1, 0.15) is 17.1 Å². The predicted molar refractivity (Wildman–Crippen MR) is 166 cm³/mol. The van der Waals surface area contributed by atoms with E-state index in [0.29, 0.717) is 16.9 Å². The van der Waals surface area contributed by atoms with Crippen LogP contribution in [0.25, 0.3) is 10.8 Å². The molecule has 4 rings (SSSR count). The Kier molecular flexibility index (Phi) is 11.9. The van der Waals surface area contributed by atoms with Crippen molar-refractivity contribution < 1.29 is 60.0 Å². The van der Waals surface area contributed by atoms with Crippen molar-refractivity contribution in [3.8, 4) is 22.9 Å². The normalized spacial score (nSPS) is 11.9. The highest BCUT2D eigenvalue weighted by Gasteiger charge is 2.22. The Morgan fingerprint density at radius 1 is 1.02 bits per heavy atom. The van der Waals surface area contributed by atoms with Crippen molar-refractivity contribution in [2.75, 3.05) is 11.6 Å². The molecule has 1 aromatic heterocycles. The number of nitrogens with one attached hydrogen (secondary N) is 1. The second-order valence-electron chi connectivity index (χ2n) is 8.12. The van der Waals surface area contributed by atoms with E-state index in [9.17, 15) is 31.6 Å². The van der Waals surface area contributed by atoms with Crippen LogP contribution in [-0.2, 0) is 39.1 Å². The largest absolute Gasteiger partial charge is 0.506 e. The molecule has 0 amide bonds. The number of halogens is 1. The Balaban J connectivity index is 1.78. The minimum atomic E-state index is -4.86. The van der Waals surface area contributed by atoms with Gasteiger partial charge in [0, 0.05) is 15.5 Å². The first-order chi connectivity index (χ1) is 22.2. The molecule has 0 atom stereocenters. The molecule has 0 saturated heterocycles. The number of phenols is 2. The first-order valence-corrected chi connectivity index (χ1v) is 17.6. The summed E-state index contributed by atoms with van der Waals surface area (Å²) in [4.78, 5) is 15.6. The molecule has 0 fully saturated rings. The molecule has 0 spiro atoms. The Morgan fingerprint density at radius 2 is 1.79 bits per heavy atom. The number of hydrogen-bond donors (Lipinski definition) is 6. The molecule has 19 nitrogen and oxygen atoms in total. The molecule has 25 heteroatoms. The molecule has 0 bridgehead atoms. The van der Waals surface area contributed by atoms with Crippen LogP contribution in [0.15, 0.2) is 66.5 Å². The molecule has 6 N–H and O–H groups in total. The summed E-state index contributed by atoms with van der Waals surface area (Å²) in [7, 11) is -9.65. The van der Waals surface area contributed by atoms with E-state index < -0.39 is 36.9 Å². The van der Waals surface area contributed by atoms with Gasteiger partial charge in [0.2, 0.25) is 11.2 Å². The Labute approximate surface area is 281 Å². The summed E-state index contributed by atoms with van der Waals surface area (Å²) < 4.78 is 71.3. The SMILES string of the molecule is CSc1nc(Cl)nc(Nc2cc(S(=O)(=O)O)cc3cc(SOOO)c(N=Nc4ccc(SC#COOS(=O)(=O)O)cc4O)c(O)c23)n1. The fraction of sp³-hybridized carbons (Fsp3) is 0.0455. The third kappa shape index (κ3) is 9.90. The molecule has 0 aliphatic carbocycles. The average Bonchev–Trinajstić information content (AvgIpc) is 2.98. The number of nitrogens with zero attached hydrogens (tertiary/aromatic N) is 5. The number of azo groups is 1. The topological polar surface area (TPSA) is 282 Å². The maximum absolute atomic E-state index is 12.1. The lowest BCUT2D eigenvalue weighted by Gasteiger charge is -2.15. The van der Waals surface area contributed by atoms with Crippen molar-refractivity contribution in [1.29, 1.82) is 0 Å². The molecule has 0 radical (unpaired) electrons. The molecule has 0 aliphatic heterocycles. The second kappa shape index (κ2) is 15.5. The Morgan fingerprint density at radius 3 is 2.45 bits per heavy atom.